The summed E-state index contributed by atoms with van der Waals surface area (Å²) in [4.78, 5) is 10.3. The maximum absolute atomic E-state index is 10.7. The Bertz CT molecular complexity index is 388. The fraction of sp³-hybridized carbons (Fsp3) is 0.273. The summed E-state index contributed by atoms with van der Waals surface area (Å²) in [5.74, 6) is 0. The molecular weight excluding hydrogens is 192 g/mol. The van der Waals surface area contributed by atoms with Gasteiger partial charge in [-0.1, -0.05) is 23.8 Å². The number of hydrogen-bond donors (Lipinski definition) is 1. The minimum absolute atomic E-state index is 0.0752. The van der Waals surface area contributed by atoms with Crippen molar-refractivity contribution in [3.8, 4) is 0 Å². The van der Waals surface area contributed by atoms with Gasteiger partial charge in [0, 0.05) is 17.7 Å². The molecule has 0 aliphatic carbocycles. The predicted octanol–water partition coefficient (Wildman–Crippen LogP) is 2.56. The molecule has 80 valence electrons. The van der Waals surface area contributed by atoms with Crippen LogP contribution in [0, 0.1) is 10.1 Å². The van der Waals surface area contributed by atoms with Gasteiger partial charge in [-0.25, -0.2) is 0 Å². The van der Waals surface area contributed by atoms with E-state index in [1.165, 1.54) is 6.07 Å². The van der Waals surface area contributed by atoms with Crippen LogP contribution in [0.2, 0.25) is 0 Å². The summed E-state index contributed by atoms with van der Waals surface area (Å²) in [7, 11) is 0. The van der Waals surface area contributed by atoms with Gasteiger partial charge in [0.15, 0.2) is 0 Å². The Kier molecular flexibility index (Phi) is 3.57. The van der Waals surface area contributed by atoms with Crippen LogP contribution in [0.1, 0.15) is 24.9 Å². The van der Waals surface area contributed by atoms with Crippen LogP contribution in [0.4, 0.5) is 5.69 Å². The second kappa shape index (κ2) is 4.70. The normalized spacial score (nSPS) is 12.1. The zero-order chi connectivity index (χ0) is 11.4. The second-order valence-electron chi connectivity index (χ2n) is 3.58. The number of nitro benzene ring substituents is 1. The molecule has 4 nitrogen and oxygen atoms in total. The molecule has 1 atom stereocenters. The lowest BCUT2D eigenvalue weighted by Gasteiger charge is -2.11. The molecular formula is C11H14N2O2. The van der Waals surface area contributed by atoms with Crippen LogP contribution >= 0.6 is 0 Å². The average Bonchev–Trinajstić information content (AvgIpc) is 2.16. The quantitative estimate of drug-likeness (QED) is 0.467. The molecule has 2 N–H and O–H groups in total. The van der Waals surface area contributed by atoms with E-state index in [0.717, 1.165) is 5.57 Å². The van der Waals surface area contributed by atoms with Crippen molar-refractivity contribution in [3.05, 3.63) is 52.1 Å². The van der Waals surface area contributed by atoms with Crippen LogP contribution in [0.3, 0.4) is 0 Å². The Hall–Kier alpha value is -1.68. The number of rotatable bonds is 4. The van der Waals surface area contributed by atoms with E-state index in [1.54, 1.807) is 18.2 Å². The minimum atomic E-state index is -0.409. The lowest BCUT2D eigenvalue weighted by Crippen LogP contribution is -2.12. The van der Waals surface area contributed by atoms with E-state index in [2.05, 4.69) is 6.58 Å². The first kappa shape index (κ1) is 11.4. The lowest BCUT2D eigenvalue weighted by molar-refractivity contribution is -0.385. The SMILES string of the molecule is C=C(C)C[C@@H](N)c1ccccc1[N+](=O)[O-]. The third-order valence-electron chi connectivity index (χ3n) is 2.10. The largest absolute Gasteiger partial charge is 0.323 e. The number of hydrogen-bond acceptors (Lipinski definition) is 3. The molecule has 0 fully saturated rings. The highest BCUT2D eigenvalue weighted by atomic mass is 16.6. The van der Waals surface area contributed by atoms with E-state index in [9.17, 15) is 10.1 Å². The average molecular weight is 206 g/mol. The molecule has 4 heteroatoms. The van der Waals surface area contributed by atoms with E-state index in [0.29, 0.717) is 12.0 Å². The Morgan fingerprint density at radius 1 is 1.60 bits per heavy atom. The van der Waals surface area contributed by atoms with Crippen LogP contribution < -0.4 is 5.73 Å². The second-order valence-corrected chi connectivity index (χ2v) is 3.58. The summed E-state index contributed by atoms with van der Waals surface area (Å²) in [5.41, 5.74) is 7.42. The molecule has 0 saturated heterocycles. The number of nitrogens with zero attached hydrogens (tertiary/aromatic N) is 1. The molecule has 0 spiro atoms. The highest BCUT2D eigenvalue weighted by Crippen LogP contribution is 2.26. The molecule has 1 aromatic carbocycles. The van der Waals surface area contributed by atoms with Crippen LogP contribution in [0.25, 0.3) is 0 Å². The van der Waals surface area contributed by atoms with Crippen LogP contribution in [-0.2, 0) is 0 Å². The van der Waals surface area contributed by atoms with E-state index < -0.39 is 4.92 Å². The maximum Gasteiger partial charge on any atom is 0.274 e. The van der Waals surface area contributed by atoms with Crippen molar-refractivity contribution in [1.29, 1.82) is 0 Å². The summed E-state index contributed by atoms with van der Waals surface area (Å²) in [5, 5.41) is 10.7. The van der Waals surface area contributed by atoms with Gasteiger partial charge in [-0.2, -0.15) is 0 Å². The van der Waals surface area contributed by atoms with Gasteiger partial charge in [-0.05, 0) is 13.3 Å². The molecule has 0 saturated carbocycles. The molecule has 0 heterocycles. The minimum Gasteiger partial charge on any atom is -0.323 e. The topological polar surface area (TPSA) is 69.2 Å². The van der Waals surface area contributed by atoms with E-state index in [-0.39, 0.29) is 11.7 Å². The van der Waals surface area contributed by atoms with Crippen molar-refractivity contribution in [3.63, 3.8) is 0 Å². The molecule has 1 aromatic rings. The highest BCUT2D eigenvalue weighted by molar-refractivity contribution is 5.42. The van der Waals surface area contributed by atoms with Crippen molar-refractivity contribution in [1.82, 2.24) is 0 Å². The number of benzene rings is 1. The predicted molar refractivity (Wildman–Crippen MR) is 59.5 cm³/mol. The maximum atomic E-state index is 10.7. The summed E-state index contributed by atoms with van der Waals surface area (Å²) in [6, 6.07) is 6.18. The van der Waals surface area contributed by atoms with Gasteiger partial charge in [-0.3, -0.25) is 10.1 Å². The Labute approximate surface area is 88.6 Å². The van der Waals surface area contributed by atoms with Gasteiger partial charge in [0.1, 0.15) is 0 Å². The fourth-order valence-electron chi connectivity index (χ4n) is 1.45. The van der Waals surface area contributed by atoms with Gasteiger partial charge >= 0.3 is 0 Å². The summed E-state index contributed by atoms with van der Waals surface area (Å²) >= 11 is 0. The Morgan fingerprint density at radius 2 is 2.20 bits per heavy atom. The van der Waals surface area contributed by atoms with Crippen molar-refractivity contribution in [2.24, 2.45) is 5.73 Å². The van der Waals surface area contributed by atoms with Crippen molar-refractivity contribution in [2.75, 3.05) is 0 Å². The van der Waals surface area contributed by atoms with E-state index >= 15 is 0 Å². The zero-order valence-electron chi connectivity index (χ0n) is 8.64. The van der Waals surface area contributed by atoms with Gasteiger partial charge in [0.2, 0.25) is 0 Å². The lowest BCUT2D eigenvalue weighted by atomic mass is 10.00. The van der Waals surface area contributed by atoms with Gasteiger partial charge < -0.3 is 5.73 Å². The monoisotopic (exact) mass is 206 g/mol. The molecule has 0 aliphatic rings. The Balaban J connectivity index is 3.02. The van der Waals surface area contributed by atoms with Crippen LogP contribution in [0.5, 0.6) is 0 Å². The molecule has 0 unspecified atom stereocenters. The molecule has 0 aliphatic heterocycles. The third-order valence-corrected chi connectivity index (χ3v) is 2.10. The molecule has 15 heavy (non-hydrogen) atoms. The number of para-hydroxylation sites is 1. The molecule has 0 bridgehead atoms. The number of nitro groups is 1. The van der Waals surface area contributed by atoms with Gasteiger partial charge in [0.25, 0.3) is 5.69 Å². The van der Waals surface area contributed by atoms with Crippen molar-refractivity contribution in [2.45, 2.75) is 19.4 Å². The number of nitrogens with two attached hydrogens (primary N) is 1. The first-order chi connectivity index (χ1) is 7.02. The fourth-order valence-corrected chi connectivity index (χ4v) is 1.45. The molecule has 0 radical (unpaired) electrons. The van der Waals surface area contributed by atoms with Gasteiger partial charge in [-0.15, -0.1) is 6.58 Å². The highest BCUT2D eigenvalue weighted by Gasteiger charge is 2.17. The van der Waals surface area contributed by atoms with E-state index in [4.69, 9.17) is 5.73 Å². The first-order valence-electron chi connectivity index (χ1n) is 4.65. The summed E-state index contributed by atoms with van der Waals surface area (Å²) in [6.07, 6.45) is 0.560. The molecule has 0 amide bonds. The van der Waals surface area contributed by atoms with Crippen molar-refractivity contribution < 1.29 is 4.92 Å². The van der Waals surface area contributed by atoms with Crippen molar-refractivity contribution >= 4 is 5.69 Å². The molecule has 1 rings (SSSR count). The molecule has 0 aromatic heterocycles. The van der Waals surface area contributed by atoms with Gasteiger partial charge in [0.05, 0.1) is 4.92 Å². The standard InChI is InChI=1S/C11H14N2O2/c1-8(2)7-10(12)9-5-3-4-6-11(9)13(14)15/h3-6,10H,1,7,12H2,2H3/t10-/m1/s1. The van der Waals surface area contributed by atoms with Crippen LogP contribution in [-0.4, -0.2) is 4.92 Å². The third kappa shape index (κ3) is 2.89. The summed E-state index contributed by atoms with van der Waals surface area (Å²) < 4.78 is 0. The first-order valence-corrected chi connectivity index (χ1v) is 4.65. The van der Waals surface area contributed by atoms with Crippen LogP contribution in [0.15, 0.2) is 36.4 Å². The summed E-state index contributed by atoms with van der Waals surface area (Å²) in [6.45, 7) is 5.60. The Morgan fingerprint density at radius 3 is 2.73 bits per heavy atom. The zero-order valence-corrected chi connectivity index (χ0v) is 8.64. The smallest absolute Gasteiger partial charge is 0.274 e. The van der Waals surface area contributed by atoms with E-state index in [1.807, 2.05) is 6.92 Å².